The maximum atomic E-state index is 13.1. The molecule has 6 heteroatoms. The van der Waals surface area contributed by atoms with E-state index in [1.807, 2.05) is 56.6 Å². The van der Waals surface area contributed by atoms with Gasteiger partial charge in [-0.3, -0.25) is 14.6 Å². The van der Waals surface area contributed by atoms with Gasteiger partial charge < -0.3 is 9.88 Å². The number of ketones is 1. The number of benzene rings is 1. The zero-order valence-electron chi connectivity index (χ0n) is 17.7. The first-order valence-corrected chi connectivity index (χ1v) is 11.2. The third-order valence-electron chi connectivity index (χ3n) is 5.51. The van der Waals surface area contributed by atoms with Crippen molar-refractivity contribution in [2.45, 2.75) is 26.7 Å². The van der Waals surface area contributed by atoms with E-state index in [1.165, 1.54) is 11.8 Å². The van der Waals surface area contributed by atoms with E-state index in [9.17, 15) is 9.59 Å². The molecule has 0 radical (unpaired) electrons. The quantitative estimate of drug-likeness (QED) is 0.581. The van der Waals surface area contributed by atoms with Crippen molar-refractivity contribution in [1.82, 2.24) is 9.55 Å². The van der Waals surface area contributed by atoms with Crippen LogP contribution in [0.25, 0.3) is 22.0 Å². The van der Waals surface area contributed by atoms with Gasteiger partial charge in [-0.2, -0.15) is 0 Å². The molecule has 1 aliphatic carbocycles. The van der Waals surface area contributed by atoms with Crippen molar-refractivity contribution in [3.05, 3.63) is 69.2 Å². The standard InChI is InChI=1S/C24H25N3O2S/c1-14-5-8-18(26-23(30-4)12-22(28)16-6-7-16)11-19(14)20-10-17-13-25-15(2)9-21(17)27(3)24(20)29/h5,8-13,16,26H,6-7H2,1-4H3. The van der Waals surface area contributed by atoms with Crippen molar-refractivity contribution in [2.75, 3.05) is 11.6 Å². The number of pyridine rings is 2. The van der Waals surface area contributed by atoms with Gasteiger partial charge in [-0.1, -0.05) is 6.07 Å². The average Bonchev–Trinajstić information content (AvgIpc) is 3.57. The molecule has 1 saturated carbocycles. The molecular formula is C24H25N3O2S. The molecule has 1 aliphatic rings. The summed E-state index contributed by atoms with van der Waals surface area (Å²) >= 11 is 1.51. The van der Waals surface area contributed by atoms with Gasteiger partial charge in [0.25, 0.3) is 5.56 Å². The topological polar surface area (TPSA) is 64.0 Å². The first-order valence-electron chi connectivity index (χ1n) is 10.0. The van der Waals surface area contributed by atoms with Gasteiger partial charge in [0.2, 0.25) is 0 Å². The molecule has 0 spiro atoms. The Labute approximate surface area is 180 Å². The second-order valence-electron chi connectivity index (χ2n) is 7.85. The molecule has 1 N–H and O–H groups in total. The Morgan fingerprint density at radius 3 is 2.67 bits per heavy atom. The molecule has 2 aromatic heterocycles. The third kappa shape index (κ3) is 4.05. The summed E-state index contributed by atoms with van der Waals surface area (Å²) in [6, 6.07) is 9.79. The smallest absolute Gasteiger partial charge is 0.258 e. The molecule has 0 saturated heterocycles. The number of thioether (sulfide) groups is 1. The van der Waals surface area contributed by atoms with Crippen LogP contribution in [0.1, 0.15) is 24.1 Å². The highest BCUT2D eigenvalue weighted by Crippen LogP contribution is 2.32. The highest BCUT2D eigenvalue weighted by Gasteiger charge is 2.28. The van der Waals surface area contributed by atoms with E-state index < -0.39 is 0 Å². The van der Waals surface area contributed by atoms with Crippen molar-refractivity contribution in [1.29, 1.82) is 0 Å². The highest BCUT2D eigenvalue weighted by molar-refractivity contribution is 8.02. The number of nitrogens with zero attached hydrogens (tertiary/aromatic N) is 2. The van der Waals surface area contributed by atoms with E-state index in [1.54, 1.807) is 17.7 Å². The second kappa shape index (κ2) is 8.11. The van der Waals surface area contributed by atoms with E-state index in [-0.39, 0.29) is 17.3 Å². The molecule has 0 amide bonds. The number of anilines is 1. The fraction of sp³-hybridized carbons (Fsp3) is 0.292. The van der Waals surface area contributed by atoms with Crippen molar-refractivity contribution in [3.8, 4) is 11.1 Å². The number of carbonyl (C=O) groups excluding carboxylic acids is 1. The minimum Gasteiger partial charge on any atom is -0.350 e. The summed E-state index contributed by atoms with van der Waals surface area (Å²) in [5, 5.41) is 5.08. The van der Waals surface area contributed by atoms with Crippen LogP contribution in [0.3, 0.4) is 0 Å². The number of aromatic nitrogens is 2. The van der Waals surface area contributed by atoms with E-state index in [2.05, 4.69) is 10.3 Å². The Kier molecular flexibility index (Phi) is 5.52. The zero-order chi connectivity index (χ0) is 21.4. The predicted molar refractivity (Wildman–Crippen MR) is 125 cm³/mol. The Morgan fingerprint density at radius 1 is 1.20 bits per heavy atom. The molecule has 1 aromatic carbocycles. The second-order valence-corrected chi connectivity index (χ2v) is 8.70. The number of fused-ring (bicyclic) bond motifs is 1. The van der Waals surface area contributed by atoms with Gasteiger partial charge in [0.1, 0.15) is 0 Å². The lowest BCUT2D eigenvalue weighted by atomic mass is 9.99. The molecule has 1 fully saturated rings. The van der Waals surface area contributed by atoms with Crippen molar-refractivity contribution < 1.29 is 4.79 Å². The van der Waals surface area contributed by atoms with Crippen LogP contribution in [0.2, 0.25) is 0 Å². The summed E-state index contributed by atoms with van der Waals surface area (Å²) in [4.78, 5) is 29.7. The molecule has 0 bridgehead atoms. The molecule has 5 nitrogen and oxygen atoms in total. The largest absolute Gasteiger partial charge is 0.350 e. The summed E-state index contributed by atoms with van der Waals surface area (Å²) in [6.07, 6.45) is 7.44. The van der Waals surface area contributed by atoms with Crippen LogP contribution in [0.15, 0.2) is 52.4 Å². The van der Waals surface area contributed by atoms with E-state index in [0.29, 0.717) is 5.56 Å². The highest BCUT2D eigenvalue weighted by atomic mass is 32.2. The van der Waals surface area contributed by atoms with Crippen LogP contribution >= 0.6 is 11.8 Å². The maximum absolute atomic E-state index is 13.1. The van der Waals surface area contributed by atoms with Gasteiger partial charge in [0.05, 0.1) is 10.5 Å². The van der Waals surface area contributed by atoms with Crippen molar-refractivity contribution in [3.63, 3.8) is 0 Å². The minimum absolute atomic E-state index is 0.0436. The molecule has 0 atom stereocenters. The van der Waals surface area contributed by atoms with E-state index in [4.69, 9.17) is 0 Å². The van der Waals surface area contributed by atoms with Crippen LogP contribution in [-0.2, 0) is 11.8 Å². The normalized spacial score (nSPS) is 14.2. The maximum Gasteiger partial charge on any atom is 0.258 e. The van der Waals surface area contributed by atoms with Crippen LogP contribution in [0, 0.1) is 19.8 Å². The summed E-state index contributed by atoms with van der Waals surface area (Å²) < 4.78 is 1.68. The molecule has 4 rings (SSSR count). The Hall–Kier alpha value is -2.86. The summed E-state index contributed by atoms with van der Waals surface area (Å²) in [7, 11) is 1.79. The van der Waals surface area contributed by atoms with Crippen LogP contribution < -0.4 is 10.9 Å². The predicted octanol–water partition coefficient (Wildman–Crippen LogP) is 4.81. The van der Waals surface area contributed by atoms with Gasteiger partial charge in [0, 0.05) is 47.6 Å². The van der Waals surface area contributed by atoms with Gasteiger partial charge in [0.15, 0.2) is 5.78 Å². The van der Waals surface area contributed by atoms with Crippen molar-refractivity contribution >= 4 is 34.1 Å². The van der Waals surface area contributed by atoms with Gasteiger partial charge in [-0.25, -0.2) is 0 Å². The van der Waals surface area contributed by atoms with Crippen LogP contribution in [-0.4, -0.2) is 21.6 Å². The fourth-order valence-electron chi connectivity index (χ4n) is 3.55. The molecule has 154 valence electrons. The molecule has 0 aliphatic heterocycles. The lowest BCUT2D eigenvalue weighted by Gasteiger charge is -2.14. The molecule has 2 heterocycles. The summed E-state index contributed by atoms with van der Waals surface area (Å²) in [6.45, 7) is 3.92. The lowest BCUT2D eigenvalue weighted by Crippen LogP contribution is -2.19. The molecular weight excluding hydrogens is 394 g/mol. The Bertz CT molecular complexity index is 1240. The first-order chi connectivity index (χ1) is 14.4. The number of allylic oxidation sites excluding steroid dienone is 1. The zero-order valence-corrected chi connectivity index (χ0v) is 18.5. The number of aryl methyl sites for hydroxylation is 3. The number of nitrogens with one attached hydrogen (secondary N) is 1. The third-order valence-corrected chi connectivity index (χ3v) is 6.17. The van der Waals surface area contributed by atoms with Gasteiger partial charge in [-0.15, -0.1) is 11.8 Å². The SMILES string of the molecule is CSC(=CC(=O)C1CC1)Nc1ccc(C)c(-c2cc3cnc(C)cc3n(C)c2=O)c1. The van der Waals surface area contributed by atoms with Crippen LogP contribution in [0.4, 0.5) is 5.69 Å². The monoisotopic (exact) mass is 419 g/mol. The molecule has 30 heavy (non-hydrogen) atoms. The van der Waals surface area contributed by atoms with Crippen LogP contribution in [0.5, 0.6) is 0 Å². The molecule has 0 unspecified atom stereocenters. The summed E-state index contributed by atoms with van der Waals surface area (Å²) in [5.74, 6) is 0.380. The Morgan fingerprint density at radius 2 is 1.97 bits per heavy atom. The van der Waals surface area contributed by atoms with E-state index in [0.717, 1.165) is 51.3 Å². The first kappa shape index (κ1) is 20.4. The number of hydrogen-bond donors (Lipinski definition) is 1. The molecule has 3 aromatic rings. The lowest BCUT2D eigenvalue weighted by molar-refractivity contribution is -0.115. The number of hydrogen-bond acceptors (Lipinski definition) is 5. The average molecular weight is 420 g/mol. The summed E-state index contributed by atoms with van der Waals surface area (Å²) in [5.41, 5.74) is 5.08. The number of carbonyl (C=O) groups is 1. The van der Waals surface area contributed by atoms with E-state index >= 15 is 0 Å². The fourth-order valence-corrected chi connectivity index (χ4v) is 4.00. The number of rotatable bonds is 6. The minimum atomic E-state index is -0.0436. The van der Waals surface area contributed by atoms with Gasteiger partial charge >= 0.3 is 0 Å². The van der Waals surface area contributed by atoms with Crippen molar-refractivity contribution in [2.24, 2.45) is 13.0 Å². The van der Waals surface area contributed by atoms with Gasteiger partial charge in [-0.05, 0) is 68.3 Å². The Balaban J connectivity index is 1.75.